The highest BCUT2D eigenvalue weighted by atomic mass is 16.5. The third kappa shape index (κ3) is 4.57. The molecular weight excluding hydrogens is 372 g/mol. The first-order valence-corrected chi connectivity index (χ1v) is 9.10. The van der Waals surface area contributed by atoms with Gasteiger partial charge in [0.25, 0.3) is 17.7 Å². The lowest BCUT2D eigenvalue weighted by molar-refractivity contribution is -0.124. The van der Waals surface area contributed by atoms with Crippen LogP contribution < -0.4 is 5.32 Å². The van der Waals surface area contributed by atoms with E-state index in [1.54, 1.807) is 0 Å². The Hall–Kier alpha value is -3.74. The zero-order valence-corrected chi connectivity index (χ0v) is 15.7. The van der Waals surface area contributed by atoms with Crippen molar-refractivity contribution in [3.8, 4) is 0 Å². The fraction of sp³-hybridized carbons (Fsp3) is 0.182. The summed E-state index contributed by atoms with van der Waals surface area (Å²) in [6.07, 6.45) is 2.05. The number of hydrogen-bond donors (Lipinski definition) is 1. The van der Waals surface area contributed by atoms with E-state index >= 15 is 0 Å². The van der Waals surface area contributed by atoms with Crippen molar-refractivity contribution in [2.45, 2.75) is 6.42 Å². The SMILES string of the molecule is C=CCNC(=O)COC(=O)c1ccc2c(c1)C(=O)N(CCc1ccccc1)C2=O. The Kier molecular flexibility index (Phi) is 6.19. The summed E-state index contributed by atoms with van der Waals surface area (Å²) in [4.78, 5) is 50.1. The van der Waals surface area contributed by atoms with Crippen LogP contribution in [0.25, 0.3) is 0 Å². The molecule has 3 rings (SSSR count). The summed E-state index contributed by atoms with van der Waals surface area (Å²) in [6.45, 7) is 3.55. The number of imide groups is 1. The second-order valence-electron chi connectivity index (χ2n) is 6.43. The van der Waals surface area contributed by atoms with E-state index in [1.165, 1.54) is 29.2 Å². The monoisotopic (exact) mass is 392 g/mol. The molecule has 29 heavy (non-hydrogen) atoms. The molecule has 2 aromatic rings. The van der Waals surface area contributed by atoms with Crippen LogP contribution in [0.4, 0.5) is 0 Å². The van der Waals surface area contributed by atoms with Crippen LogP contribution in [0.2, 0.25) is 0 Å². The van der Waals surface area contributed by atoms with Crippen LogP contribution >= 0.6 is 0 Å². The maximum Gasteiger partial charge on any atom is 0.338 e. The second-order valence-corrected chi connectivity index (χ2v) is 6.43. The molecule has 0 atom stereocenters. The third-order valence-electron chi connectivity index (χ3n) is 4.45. The molecule has 7 nitrogen and oxygen atoms in total. The molecule has 0 bridgehead atoms. The van der Waals surface area contributed by atoms with Crippen molar-refractivity contribution in [3.05, 3.63) is 83.4 Å². The number of nitrogens with zero attached hydrogens (tertiary/aromatic N) is 1. The van der Waals surface area contributed by atoms with E-state index in [0.717, 1.165) is 5.56 Å². The molecule has 0 unspecified atom stereocenters. The Labute approximate surface area is 168 Å². The molecule has 2 aromatic carbocycles. The molecule has 0 aromatic heterocycles. The summed E-state index contributed by atoms with van der Waals surface area (Å²) >= 11 is 0. The molecule has 3 amide bonds. The predicted octanol–water partition coefficient (Wildman–Crippen LogP) is 1.98. The number of esters is 1. The number of ether oxygens (including phenoxy) is 1. The van der Waals surface area contributed by atoms with Gasteiger partial charge < -0.3 is 10.1 Å². The Morgan fingerprint density at radius 1 is 1.03 bits per heavy atom. The average molecular weight is 392 g/mol. The van der Waals surface area contributed by atoms with Crippen molar-refractivity contribution in [2.75, 3.05) is 19.7 Å². The van der Waals surface area contributed by atoms with E-state index in [0.29, 0.717) is 6.42 Å². The van der Waals surface area contributed by atoms with Crippen molar-refractivity contribution in [3.63, 3.8) is 0 Å². The minimum Gasteiger partial charge on any atom is -0.452 e. The van der Waals surface area contributed by atoms with Gasteiger partial charge in [-0.1, -0.05) is 36.4 Å². The van der Waals surface area contributed by atoms with Crippen molar-refractivity contribution in [2.24, 2.45) is 0 Å². The summed E-state index contributed by atoms with van der Waals surface area (Å²) in [5.74, 6) is -2.04. The molecule has 0 radical (unpaired) electrons. The number of hydrogen-bond acceptors (Lipinski definition) is 5. The van der Waals surface area contributed by atoms with Gasteiger partial charge in [0.1, 0.15) is 0 Å². The van der Waals surface area contributed by atoms with Gasteiger partial charge in [-0.3, -0.25) is 19.3 Å². The topological polar surface area (TPSA) is 92.8 Å². The van der Waals surface area contributed by atoms with Crippen LogP contribution in [0.1, 0.15) is 36.6 Å². The van der Waals surface area contributed by atoms with Gasteiger partial charge in [-0.05, 0) is 30.2 Å². The molecule has 1 aliphatic rings. The first kappa shape index (κ1) is 20.0. The molecule has 7 heteroatoms. The minimum absolute atomic E-state index is 0.103. The van der Waals surface area contributed by atoms with E-state index in [4.69, 9.17) is 4.74 Å². The normalized spacial score (nSPS) is 12.5. The Bertz CT molecular complexity index is 968. The van der Waals surface area contributed by atoms with E-state index in [9.17, 15) is 19.2 Å². The molecule has 1 aliphatic heterocycles. The number of rotatable bonds is 8. The first-order chi connectivity index (χ1) is 14.0. The van der Waals surface area contributed by atoms with Crippen LogP contribution in [0.15, 0.2) is 61.2 Å². The number of benzene rings is 2. The number of nitrogens with one attached hydrogen (secondary N) is 1. The minimum atomic E-state index is -0.746. The third-order valence-corrected chi connectivity index (χ3v) is 4.45. The fourth-order valence-electron chi connectivity index (χ4n) is 2.96. The quantitative estimate of drug-likeness (QED) is 0.421. The summed E-state index contributed by atoms with van der Waals surface area (Å²) in [5, 5.41) is 2.49. The smallest absolute Gasteiger partial charge is 0.338 e. The zero-order chi connectivity index (χ0) is 20.8. The maximum atomic E-state index is 12.7. The Morgan fingerprint density at radius 3 is 2.48 bits per heavy atom. The van der Waals surface area contributed by atoms with Gasteiger partial charge >= 0.3 is 5.97 Å². The average Bonchev–Trinajstić information content (AvgIpc) is 2.99. The van der Waals surface area contributed by atoms with E-state index < -0.39 is 24.4 Å². The van der Waals surface area contributed by atoms with Gasteiger partial charge in [0.2, 0.25) is 0 Å². The number of fused-ring (bicyclic) bond motifs is 1. The molecule has 0 saturated heterocycles. The molecular formula is C22H20N2O5. The predicted molar refractivity (Wildman–Crippen MR) is 105 cm³/mol. The molecule has 0 aliphatic carbocycles. The number of carbonyl (C=O) groups is 4. The van der Waals surface area contributed by atoms with Gasteiger partial charge in [-0.25, -0.2) is 4.79 Å². The van der Waals surface area contributed by atoms with Crippen LogP contribution in [-0.2, 0) is 16.0 Å². The van der Waals surface area contributed by atoms with Crippen molar-refractivity contribution < 1.29 is 23.9 Å². The zero-order valence-electron chi connectivity index (χ0n) is 15.7. The Morgan fingerprint density at radius 2 is 1.76 bits per heavy atom. The van der Waals surface area contributed by atoms with Crippen LogP contribution in [-0.4, -0.2) is 48.3 Å². The lowest BCUT2D eigenvalue weighted by Gasteiger charge is -2.13. The molecule has 148 valence electrons. The summed E-state index contributed by atoms with van der Waals surface area (Å²) in [5.41, 5.74) is 1.53. The van der Waals surface area contributed by atoms with Gasteiger partial charge in [0.05, 0.1) is 16.7 Å². The molecule has 0 saturated carbocycles. The molecule has 0 spiro atoms. The van der Waals surface area contributed by atoms with Crippen molar-refractivity contribution in [1.29, 1.82) is 0 Å². The highest BCUT2D eigenvalue weighted by molar-refractivity contribution is 6.22. The maximum absolute atomic E-state index is 12.7. The van der Waals surface area contributed by atoms with E-state index in [-0.39, 0.29) is 35.7 Å². The highest BCUT2D eigenvalue weighted by Crippen LogP contribution is 2.24. The van der Waals surface area contributed by atoms with Gasteiger partial charge in [0.15, 0.2) is 6.61 Å². The largest absolute Gasteiger partial charge is 0.452 e. The van der Waals surface area contributed by atoms with Crippen molar-refractivity contribution in [1.82, 2.24) is 10.2 Å². The number of amides is 3. The summed E-state index contributed by atoms with van der Waals surface area (Å²) in [6, 6.07) is 13.7. The van der Waals surface area contributed by atoms with Gasteiger partial charge in [-0.15, -0.1) is 6.58 Å². The molecule has 1 heterocycles. The molecule has 0 fully saturated rings. The molecule has 1 N–H and O–H groups in total. The second kappa shape index (κ2) is 8.97. The highest BCUT2D eigenvalue weighted by Gasteiger charge is 2.35. The summed E-state index contributed by atoms with van der Waals surface area (Å²) < 4.78 is 4.95. The van der Waals surface area contributed by atoms with Gasteiger partial charge in [0, 0.05) is 13.1 Å². The van der Waals surface area contributed by atoms with Crippen LogP contribution in [0, 0.1) is 0 Å². The van der Waals surface area contributed by atoms with Crippen LogP contribution in [0.3, 0.4) is 0 Å². The first-order valence-electron chi connectivity index (χ1n) is 9.10. The standard InChI is InChI=1S/C22H20N2O5/c1-2-11-23-19(25)14-29-22(28)16-8-9-17-18(13-16)21(27)24(20(17)26)12-10-15-6-4-3-5-7-15/h2-9,13H,1,10-12,14H2,(H,23,25). The van der Waals surface area contributed by atoms with Crippen LogP contribution in [0.5, 0.6) is 0 Å². The summed E-state index contributed by atoms with van der Waals surface area (Å²) in [7, 11) is 0. The van der Waals surface area contributed by atoms with E-state index in [2.05, 4.69) is 11.9 Å². The Balaban J connectivity index is 1.66. The van der Waals surface area contributed by atoms with Gasteiger partial charge in [-0.2, -0.15) is 0 Å². The van der Waals surface area contributed by atoms with Crippen molar-refractivity contribution >= 4 is 23.7 Å². The lowest BCUT2D eigenvalue weighted by atomic mass is 10.1. The fourth-order valence-corrected chi connectivity index (χ4v) is 2.96. The van der Waals surface area contributed by atoms with E-state index in [1.807, 2.05) is 30.3 Å². The number of carbonyl (C=O) groups excluding carboxylic acids is 4. The lowest BCUT2D eigenvalue weighted by Crippen LogP contribution is -2.31.